The van der Waals surface area contributed by atoms with E-state index in [-0.39, 0.29) is 0 Å². The van der Waals surface area contributed by atoms with E-state index in [1.165, 1.54) is 0 Å². The van der Waals surface area contributed by atoms with Crippen molar-refractivity contribution in [3.63, 3.8) is 0 Å². The van der Waals surface area contributed by atoms with E-state index < -0.39 is 0 Å². The molecule has 1 aromatic rings. The van der Waals surface area contributed by atoms with Crippen LogP contribution in [0.3, 0.4) is 0 Å². The minimum atomic E-state index is 0.768. The Kier molecular flexibility index (Phi) is 6.07. The molecular formula is C15H25ClN4. The molecule has 0 amide bonds. The molecule has 4 nitrogen and oxygen atoms in total. The molecule has 1 aromatic heterocycles. The second-order valence-corrected chi connectivity index (χ2v) is 5.67. The smallest absolute Gasteiger partial charge is 0.126 e. The number of halogens is 1. The van der Waals surface area contributed by atoms with Crippen LogP contribution in [0, 0.1) is 0 Å². The van der Waals surface area contributed by atoms with Crippen LogP contribution in [0.1, 0.15) is 26.0 Å². The minimum absolute atomic E-state index is 0.768. The Morgan fingerprint density at radius 3 is 2.50 bits per heavy atom. The number of anilines is 1. The first-order chi connectivity index (χ1) is 9.72. The number of nitrogens with zero attached hydrogens (tertiary/aromatic N) is 3. The van der Waals surface area contributed by atoms with Crippen molar-refractivity contribution in [1.82, 2.24) is 14.8 Å². The minimum Gasteiger partial charge on any atom is -0.370 e. The number of pyridine rings is 1. The SMILES string of the molecule is CCCNc1ccc(Cl)c(CN2CCN(CC)CC2)n1. The van der Waals surface area contributed by atoms with Crippen LogP contribution in [0.25, 0.3) is 0 Å². The quantitative estimate of drug-likeness (QED) is 0.874. The summed E-state index contributed by atoms with van der Waals surface area (Å²) in [5.41, 5.74) is 0.984. The fraction of sp³-hybridized carbons (Fsp3) is 0.667. The number of likely N-dealkylation sites (N-methyl/N-ethyl adjacent to an activating group) is 1. The molecule has 0 atom stereocenters. The molecule has 0 radical (unpaired) electrons. The Labute approximate surface area is 127 Å². The molecule has 1 saturated heterocycles. The maximum Gasteiger partial charge on any atom is 0.126 e. The molecular weight excluding hydrogens is 272 g/mol. The molecule has 0 spiro atoms. The van der Waals surface area contributed by atoms with Gasteiger partial charge in [0.2, 0.25) is 0 Å². The van der Waals surface area contributed by atoms with Crippen LogP contribution in [-0.4, -0.2) is 54.1 Å². The highest BCUT2D eigenvalue weighted by Gasteiger charge is 2.17. The number of aromatic nitrogens is 1. The van der Waals surface area contributed by atoms with E-state index >= 15 is 0 Å². The molecule has 1 N–H and O–H groups in total. The van der Waals surface area contributed by atoms with Gasteiger partial charge in [0.25, 0.3) is 0 Å². The van der Waals surface area contributed by atoms with Gasteiger partial charge in [-0.25, -0.2) is 4.98 Å². The summed E-state index contributed by atoms with van der Waals surface area (Å²) in [5.74, 6) is 0.929. The molecule has 1 aliphatic rings. The zero-order chi connectivity index (χ0) is 14.4. The van der Waals surface area contributed by atoms with Gasteiger partial charge in [0, 0.05) is 39.3 Å². The number of hydrogen-bond acceptors (Lipinski definition) is 4. The number of nitrogens with one attached hydrogen (secondary N) is 1. The predicted molar refractivity (Wildman–Crippen MR) is 85.4 cm³/mol. The van der Waals surface area contributed by atoms with E-state index in [1.54, 1.807) is 0 Å². The van der Waals surface area contributed by atoms with Crippen molar-refractivity contribution in [2.45, 2.75) is 26.8 Å². The second kappa shape index (κ2) is 7.81. The molecule has 0 saturated carbocycles. The van der Waals surface area contributed by atoms with Crippen LogP contribution in [0.5, 0.6) is 0 Å². The van der Waals surface area contributed by atoms with Crippen molar-refractivity contribution >= 4 is 17.4 Å². The lowest BCUT2D eigenvalue weighted by Crippen LogP contribution is -2.45. The Morgan fingerprint density at radius 2 is 1.85 bits per heavy atom. The summed E-state index contributed by atoms with van der Waals surface area (Å²) >= 11 is 6.28. The van der Waals surface area contributed by atoms with E-state index in [4.69, 9.17) is 11.6 Å². The van der Waals surface area contributed by atoms with Crippen molar-refractivity contribution in [2.24, 2.45) is 0 Å². The molecule has 1 fully saturated rings. The van der Waals surface area contributed by atoms with Crippen molar-refractivity contribution in [3.05, 3.63) is 22.8 Å². The van der Waals surface area contributed by atoms with Gasteiger partial charge < -0.3 is 10.2 Å². The number of piperazine rings is 1. The van der Waals surface area contributed by atoms with Gasteiger partial charge in [-0.1, -0.05) is 25.4 Å². The third-order valence-corrected chi connectivity index (χ3v) is 4.10. The summed E-state index contributed by atoms with van der Waals surface area (Å²) in [6.07, 6.45) is 1.10. The van der Waals surface area contributed by atoms with Crippen molar-refractivity contribution < 1.29 is 0 Å². The summed E-state index contributed by atoms with van der Waals surface area (Å²) in [7, 11) is 0. The lowest BCUT2D eigenvalue weighted by Gasteiger charge is -2.33. The Balaban J connectivity index is 1.94. The maximum atomic E-state index is 6.28. The summed E-state index contributed by atoms with van der Waals surface area (Å²) in [5, 5.41) is 4.09. The van der Waals surface area contributed by atoms with Crippen LogP contribution < -0.4 is 5.32 Å². The van der Waals surface area contributed by atoms with Gasteiger partial charge in [0.15, 0.2) is 0 Å². The summed E-state index contributed by atoms with van der Waals surface area (Å²) in [4.78, 5) is 9.56. The normalized spacial score (nSPS) is 17.4. The van der Waals surface area contributed by atoms with Crippen molar-refractivity contribution in [2.75, 3.05) is 44.6 Å². The molecule has 2 rings (SSSR count). The molecule has 2 heterocycles. The molecule has 5 heteroatoms. The van der Waals surface area contributed by atoms with Crippen LogP contribution in [0.2, 0.25) is 5.02 Å². The lowest BCUT2D eigenvalue weighted by atomic mass is 10.2. The topological polar surface area (TPSA) is 31.4 Å². The van der Waals surface area contributed by atoms with E-state index in [1.807, 2.05) is 12.1 Å². The molecule has 0 unspecified atom stereocenters. The first-order valence-corrected chi connectivity index (χ1v) is 7.94. The van der Waals surface area contributed by atoms with Gasteiger partial charge in [-0.3, -0.25) is 4.90 Å². The highest BCUT2D eigenvalue weighted by molar-refractivity contribution is 6.31. The van der Waals surface area contributed by atoms with Crippen molar-refractivity contribution in [1.29, 1.82) is 0 Å². The van der Waals surface area contributed by atoms with Gasteiger partial charge >= 0.3 is 0 Å². The summed E-state index contributed by atoms with van der Waals surface area (Å²) < 4.78 is 0. The third-order valence-electron chi connectivity index (χ3n) is 3.76. The molecule has 112 valence electrons. The van der Waals surface area contributed by atoms with E-state index in [2.05, 4.69) is 33.9 Å². The van der Waals surface area contributed by atoms with E-state index in [0.29, 0.717) is 0 Å². The molecule has 20 heavy (non-hydrogen) atoms. The summed E-state index contributed by atoms with van der Waals surface area (Å²) in [6, 6.07) is 3.90. The lowest BCUT2D eigenvalue weighted by molar-refractivity contribution is 0.131. The fourth-order valence-electron chi connectivity index (χ4n) is 2.42. The molecule has 1 aliphatic heterocycles. The van der Waals surface area contributed by atoms with Crippen molar-refractivity contribution in [3.8, 4) is 0 Å². The Morgan fingerprint density at radius 1 is 1.15 bits per heavy atom. The molecule has 0 aromatic carbocycles. The first kappa shape index (κ1) is 15.5. The number of rotatable bonds is 6. The Hall–Kier alpha value is -0.840. The predicted octanol–water partition coefficient (Wildman–Crippen LogP) is 2.69. The van der Waals surface area contributed by atoms with Gasteiger partial charge in [0.1, 0.15) is 5.82 Å². The average molecular weight is 297 g/mol. The van der Waals surface area contributed by atoms with Crippen LogP contribution >= 0.6 is 11.6 Å². The molecule has 0 bridgehead atoms. The van der Waals surface area contributed by atoms with E-state index in [0.717, 1.165) is 68.8 Å². The van der Waals surface area contributed by atoms with Crippen LogP contribution in [-0.2, 0) is 6.54 Å². The van der Waals surface area contributed by atoms with Crippen LogP contribution in [0.4, 0.5) is 5.82 Å². The number of hydrogen-bond donors (Lipinski definition) is 1. The zero-order valence-corrected chi connectivity index (χ0v) is 13.3. The fourth-order valence-corrected chi connectivity index (χ4v) is 2.59. The van der Waals surface area contributed by atoms with Gasteiger partial charge in [0.05, 0.1) is 10.7 Å². The van der Waals surface area contributed by atoms with Gasteiger partial charge in [-0.15, -0.1) is 0 Å². The Bertz CT molecular complexity index is 416. The highest BCUT2D eigenvalue weighted by Crippen LogP contribution is 2.19. The standard InChI is InChI=1S/C15H25ClN4/c1-3-7-17-15-6-5-13(16)14(18-15)12-20-10-8-19(4-2)9-11-20/h5-6H,3-4,7-12H2,1-2H3,(H,17,18). The summed E-state index contributed by atoms with van der Waals surface area (Å²) in [6.45, 7) is 11.8. The maximum absolute atomic E-state index is 6.28. The average Bonchev–Trinajstić information content (AvgIpc) is 2.49. The zero-order valence-electron chi connectivity index (χ0n) is 12.5. The second-order valence-electron chi connectivity index (χ2n) is 5.26. The van der Waals surface area contributed by atoms with Gasteiger partial charge in [-0.05, 0) is 25.1 Å². The molecule has 0 aliphatic carbocycles. The largest absolute Gasteiger partial charge is 0.370 e. The van der Waals surface area contributed by atoms with Gasteiger partial charge in [-0.2, -0.15) is 0 Å². The highest BCUT2D eigenvalue weighted by atomic mass is 35.5. The first-order valence-electron chi connectivity index (χ1n) is 7.57. The monoisotopic (exact) mass is 296 g/mol. The van der Waals surface area contributed by atoms with E-state index in [9.17, 15) is 0 Å². The van der Waals surface area contributed by atoms with Crippen LogP contribution in [0.15, 0.2) is 12.1 Å². The third kappa shape index (κ3) is 4.33.